The van der Waals surface area contributed by atoms with Crippen LogP contribution < -0.4 is 0 Å². The Kier molecular flexibility index (Phi) is 5.10. The highest BCUT2D eigenvalue weighted by atomic mass is 32.1. The molecule has 0 unspecified atom stereocenters. The number of benzene rings is 5. The van der Waals surface area contributed by atoms with Crippen LogP contribution in [0.5, 0.6) is 0 Å². The summed E-state index contributed by atoms with van der Waals surface area (Å²) < 4.78 is 5.98. The molecule has 3 aromatic heterocycles. The van der Waals surface area contributed by atoms with Gasteiger partial charge in [-0.25, -0.2) is 0 Å². The SMILES string of the molecule is C=C(c1sc2ccc(-n3c4ccccc4c4ccccc43)cc2c1/C=C\C)n1c2ccccc2c2ccccc21. The number of rotatable bonds is 4. The Balaban J connectivity index is 1.38. The summed E-state index contributed by atoms with van der Waals surface area (Å²) in [6, 6.07) is 41.5. The van der Waals surface area contributed by atoms with Gasteiger partial charge in [-0.15, -0.1) is 11.3 Å². The minimum absolute atomic E-state index is 1.00. The molecule has 8 rings (SSSR count). The third-order valence-corrected chi connectivity index (χ3v) is 9.23. The van der Waals surface area contributed by atoms with Crippen LogP contribution in [0.15, 0.2) is 128 Å². The molecule has 0 amide bonds. The fourth-order valence-corrected chi connectivity index (χ4v) is 7.44. The van der Waals surface area contributed by atoms with Gasteiger partial charge in [-0.05, 0) is 49.4 Å². The molecule has 0 bridgehead atoms. The Morgan fingerprint density at radius 2 is 1.12 bits per heavy atom. The van der Waals surface area contributed by atoms with E-state index in [0.29, 0.717) is 0 Å². The van der Waals surface area contributed by atoms with E-state index >= 15 is 0 Å². The van der Waals surface area contributed by atoms with Crippen LogP contribution in [0.3, 0.4) is 0 Å². The Hall–Kier alpha value is -4.86. The van der Waals surface area contributed by atoms with Crippen LogP contribution in [0.25, 0.3) is 71.2 Å². The molecule has 0 aliphatic carbocycles. The zero-order chi connectivity index (χ0) is 26.8. The molecule has 0 aliphatic heterocycles. The maximum atomic E-state index is 4.69. The first-order valence-corrected chi connectivity index (χ1v) is 14.4. The standard InChI is InChI=1S/C37H26N2S/c1-3-12-30-31-23-25(39-34-19-10-6-15-28(34)29-16-7-11-20-35(29)39)21-22-36(31)40-37(30)24(2)38-32-17-8-4-13-26(32)27-14-5-9-18-33(27)38/h3-23H,2H2,1H3/b12-3-. The lowest BCUT2D eigenvalue weighted by Crippen LogP contribution is -1.97. The Morgan fingerprint density at radius 3 is 1.68 bits per heavy atom. The average molecular weight is 531 g/mol. The molecule has 0 aliphatic rings. The predicted molar refractivity (Wildman–Crippen MR) is 175 cm³/mol. The second kappa shape index (κ2) is 8.84. The third kappa shape index (κ3) is 3.22. The molecule has 8 aromatic rings. The number of nitrogens with zero attached hydrogens (tertiary/aromatic N) is 2. The van der Waals surface area contributed by atoms with Crippen molar-refractivity contribution in [3.63, 3.8) is 0 Å². The molecule has 0 fully saturated rings. The lowest BCUT2D eigenvalue weighted by Gasteiger charge is -2.11. The van der Waals surface area contributed by atoms with Crippen LogP contribution >= 0.6 is 11.3 Å². The van der Waals surface area contributed by atoms with E-state index in [-0.39, 0.29) is 0 Å². The number of thiophene rings is 1. The van der Waals surface area contributed by atoms with Crippen LogP contribution in [0.4, 0.5) is 0 Å². The van der Waals surface area contributed by atoms with E-state index in [1.807, 2.05) is 11.3 Å². The van der Waals surface area contributed by atoms with Crippen molar-refractivity contribution in [3.05, 3.63) is 138 Å². The minimum Gasteiger partial charge on any atom is -0.309 e. The number of fused-ring (bicyclic) bond motifs is 7. The van der Waals surface area contributed by atoms with Gasteiger partial charge >= 0.3 is 0 Å². The fourth-order valence-electron chi connectivity index (χ4n) is 6.31. The summed E-state index contributed by atoms with van der Waals surface area (Å²) in [6.45, 7) is 6.78. The van der Waals surface area contributed by atoms with Gasteiger partial charge in [0.2, 0.25) is 0 Å². The van der Waals surface area contributed by atoms with Crippen LogP contribution in [-0.2, 0) is 0 Å². The van der Waals surface area contributed by atoms with Crippen molar-refractivity contribution in [3.8, 4) is 5.69 Å². The summed E-state index contributed by atoms with van der Waals surface area (Å²) in [5, 5.41) is 6.30. The van der Waals surface area contributed by atoms with E-state index in [1.165, 1.54) is 69.8 Å². The molecule has 0 saturated heterocycles. The third-order valence-electron chi connectivity index (χ3n) is 7.99. The van der Waals surface area contributed by atoms with E-state index in [2.05, 4.69) is 143 Å². The molecule has 40 heavy (non-hydrogen) atoms. The summed E-state index contributed by atoms with van der Waals surface area (Å²) in [5.41, 5.74) is 8.21. The van der Waals surface area contributed by atoms with E-state index in [1.54, 1.807) is 0 Å². The Bertz CT molecular complexity index is 2200. The van der Waals surface area contributed by atoms with Gasteiger partial charge in [0.05, 0.1) is 32.6 Å². The van der Waals surface area contributed by atoms with Gasteiger partial charge < -0.3 is 9.13 Å². The fraction of sp³-hybridized carbons (Fsp3) is 0.0270. The van der Waals surface area contributed by atoms with Gasteiger partial charge in [0.1, 0.15) is 0 Å². The van der Waals surface area contributed by atoms with Crippen molar-refractivity contribution < 1.29 is 0 Å². The van der Waals surface area contributed by atoms with Crippen molar-refractivity contribution >= 4 is 76.8 Å². The number of allylic oxidation sites excluding steroid dienone is 1. The van der Waals surface area contributed by atoms with Gasteiger partial charge in [-0.3, -0.25) is 0 Å². The molecule has 0 radical (unpaired) electrons. The van der Waals surface area contributed by atoms with E-state index in [4.69, 9.17) is 6.58 Å². The topological polar surface area (TPSA) is 9.86 Å². The maximum absolute atomic E-state index is 4.69. The summed E-state index contributed by atoms with van der Waals surface area (Å²) in [4.78, 5) is 1.19. The van der Waals surface area contributed by atoms with Crippen molar-refractivity contribution in [2.45, 2.75) is 6.92 Å². The molecule has 190 valence electrons. The molecular weight excluding hydrogens is 504 g/mol. The largest absolute Gasteiger partial charge is 0.309 e. The van der Waals surface area contributed by atoms with Crippen LogP contribution in [-0.4, -0.2) is 9.13 Å². The lowest BCUT2D eigenvalue weighted by molar-refractivity contribution is 1.19. The zero-order valence-electron chi connectivity index (χ0n) is 22.1. The minimum atomic E-state index is 1.00. The number of hydrogen-bond donors (Lipinski definition) is 0. The van der Waals surface area contributed by atoms with E-state index in [0.717, 1.165) is 5.70 Å². The summed E-state index contributed by atoms with van der Waals surface area (Å²) in [7, 11) is 0. The Labute approximate surface area is 236 Å². The molecule has 3 heteroatoms. The summed E-state index contributed by atoms with van der Waals surface area (Å²) >= 11 is 1.82. The molecule has 0 saturated carbocycles. The normalized spacial score (nSPS) is 12.1. The van der Waals surface area contributed by atoms with Crippen molar-refractivity contribution in [2.24, 2.45) is 0 Å². The molecule has 0 N–H and O–H groups in total. The van der Waals surface area contributed by atoms with E-state index < -0.39 is 0 Å². The van der Waals surface area contributed by atoms with Crippen LogP contribution in [0, 0.1) is 0 Å². The number of aromatic nitrogens is 2. The maximum Gasteiger partial charge on any atom is 0.0589 e. The van der Waals surface area contributed by atoms with Crippen molar-refractivity contribution in [1.29, 1.82) is 0 Å². The number of hydrogen-bond acceptors (Lipinski definition) is 1. The van der Waals surface area contributed by atoms with Crippen molar-refractivity contribution in [1.82, 2.24) is 9.13 Å². The summed E-state index contributed by atoms with van der Waals surface area (Å²) in [5.74, 6) is 0. The Morgan fingerprint density at radius 1 is 0.625 bits per heavy atom. The molecule has 2 nitrogen and oxygen atoms in total. The first-order chi connectivity index (χ1) is 19.7. The molecule has 0 atom stereocenters. The highest BCUT2D eigenvalue weighted by molar-refractivity contribution is 7.20. The molecule has 5 aromatic carbocycles. The molecular formula is C37H26N2S. The predicted octanol–water partition coefficient (Wildman–Crippen LogP) is 10.7. The van der Waals surface area contributed by atoms with Crippen LogP contribution in [0.2, 0.25) is 0 Å². The van der Waals surface area contributed by atoms with Gasteiger partial charge in [0, 0.05) is 42.9 Å². The second-order valence-corrected chi connectivity index (χ2v) is 11.3. The van der Waals surface area contributed by atoms with Gasteiger partial charge in [0.25, 0.3) is 0 Å². The first kappa shape index (κ1) is 23.1. The second-order valence-electron chi connectivity index (χ2n) is 10.2. The molecule has 0 spiro atoms. The van der Waals surface area contributed by atoms with Gasteiger partial charge in [-0.2, -0.15) is 0 Å². The first-order valence-electron chi connectivity index (χ1n) is 13.6. The molecule has 3 heterocycles. The van der Waals surface area contributed by atoms with E-state index in [9.17, 15) is 0 Å². The van der Waals surface area contributed by atoms with Gasteiger partial charge in [0.15, 0.2) is 0 Å². The quantitative estimate of drug-likeness (QED) is 0.214. The monoisotopic (exact) mass is 530 g/mol. The van der Waals surface area contributed by atoms with Crippen molar-refractivity contribution in [2.75, 3.05) is 0 Å². The van der Waals surface area contributed by atoms with Crippen LogP contribution in [0.1, 0.15) is 17.4 Å². The highest BCUT2D eigenvalue weighted by Crippen LogP contribution is 2.42. The highest BCUT2D eigenvalue weighted by Gasteiger charge is 2.19. The lowest BCUT2D eigenvalue weighted by atomic mass is 10.1. The van der Waals surface area contributed by atoms with Gasteiger partial charge in [-0.1, -0.05) is 91.5 Å². The summed E-state index contributed by atoms with van der Waals surface area (Å²) in [6.07, 6.45) is 4.38. The average Bonchev–Trinajstić information content (AvgIpc) is 3.65. The smallest absolute Gasteiger partial charge is 0.0589 e. The number of para-hydroxylation sites is 4. The zero-order valence-corrected chi connectivity index (χ0v) is 23.0.